The minimum Gasteiger partial charge on any atom is -0.453 e. The van der Waals surface area contributed by atoms with E-state index in [0.29, 0.717) is 6.42 Å². The fraction of sp³-hybridized carbons (Fsp3) is 0.875. The second kappa shape index (κ2) is 7.78. The molecule has 1 unspecified atom stereocenters. The van der Waals surface area contributed by atoms with Crippen LogP contribution in [0.1, 0.15) is 61.8 Å². The van der Waals surface area contributed by atoms with E-state index in [9.17, 15) is 9.59 Å². The Morgan fingerprint density at radius 1 is 1.05 bits per heavy atom. The van der Waals surface area contributed by atoms with Gasteiger partial charge in [-0.1, -0.05) is 27.7 Å². The van der Waals surface area contributed by atoms with Gasteiger partial charge in [0.1, 0.15) is 0 Å². The summed E-state index contributed by atoms with van der Waals surface area (Å²) < 4.78 is 15.9. The molecule has 0 N–H and O–H groups in total. The largest absolute Gasteiger partial charge is 0.453 e. The Labute approximate surface area is 128 Å². The van der Waals surface area contributed by atoms with Crippen molar-refractivity contribution in [1.82, 2.24) is 0 Å². The van der Waals surface area contributed by atoms with Crippen molar-refractivity contribution >= 4 is 11.9 Å². The molecule has 0 heterocycles. The Balaban J connectivity index is 4.49. The molecule has 0 bridgehead atoms. The second-order valence-corrected chi connectivity index (χ2v) is 7.19. The molecule has 21 heavy (non-hydrogen) atoms. The molecule has 0 aromatic heterocycles. The Morgan fingerprint density at radius 2 is 1.57 bits per heavy atom. The van der Waals surface area contributed by atoms with Crippen molar-refractivity contribution in [2.24, 2.45) is 10.8 Å². The molecule has 0 aliphatic heterocycles. The summed E-state index contributed by atoms with van der Waals surface area (Å²) in [5, 5.41) is 0. The lowest BCUT2D eigenvalue weighted by atomic mass is 9.91. The maximum absolute atomic E-state index is 11.8. The number of carbonyl (C=O) groups excluding carboxylic acids is 2. The molecule has 0 aromatic carbocycles. The summed E-state index contributed by atoms with van der Waals surface area (Å²) in [7, 11) is 0. The molecule has 0 rings (SSSR count). The fourth-order valence-electron chi connectivity index (χ4n) is 1.27. The normalized spacial score (nSPS) is 14.0. The lowest BCUT2D eigenvalue weighted by Gasteiger charge is -2.31. The maximum atomic E-state index is 11.8. The van der Waals surface area contributed by atoms with Crippen molar-refractivity contribution in [3.63, 3.8) is 0 Å². The van der Waals surface area contributed by atoms with Gasteiger partial charge in [-0.15, -0.1) is 0 Å². The highest BCUT2D eigenvalue weighted by Crippen LogP contribution is 2.25. The number of rotatable bonds is 7. The van der Waals surface area contributed by atoms with Crippen molar-refractivity contribution < 1.29 is 23.8 Å². The second-order valence-electron chi connectivity index (χ2n) is 7.19. The SMILES string of the molecule is CCC(C)(C)C(=O)OCC(=O)OC(OC(C)C)C(C)(C)C. The zero-order chi connectivity index (χ0) is 16.8. The average Bonchev–Trinajstić information content (AvgIpc) is 2.33. The van der Waals surface area contributed by atoms with E-state index < -0.39 is 30.3 Å². The highest BCUT2D eigenvalue weighted by molar-refractivity contribution is 5.79. The summed E-state index contributed by atoms with van der Waals surface area (Å²) in [5.74, 6) is -1.00. The third-order valence-corrected chi connectivity index (χ3v) is 3.10. The highest BCUT2D eigenvalue weighted by atomic mass is 16.7. The van der Waals surface area contributed by atoms with Crippen LogP contribution in [0.3, 0.4) is 0 Å². The van der Waals surface area contributed by atoms with Crippen LogP contribution in [0.2, 0.25) is 0 Å². The van der Waals surface area contributed by atoms with Crippen molar-refractivity contribution in [3.8, 4) is 0 Å². The molecular weight excluding hydrogens is 272 g/mol. The van der Waals surface area contributed by atoms with Crippen molar-refractivity contribution in [1.29, 1.82) is 0 Å². The molecule has 0 saturated carbocycles. The predicted octanol–water partition coefficient (Wildman–Crippen LogP) is 3.31. The van der Waals surface area contributed by atoms with Gasteiger partial charge in [0.05, 0.1) is 11.5 Å². The molecule has 0 fully saturated rings. The minimum absolute atomic E-state index is 0.0661. The van der Waals surface area contributed by atoms with E-state index in [2.05, 4.69) is 0 Å². The third-order valence-electron chi connectivity index (χ3n) is 3.10. The van der Waals surface area contributed by atoms with E-state index in [1.54, 1.807) is 13.8 Å². The van der Waals surface area contributed by atoms with Gasteiger partial charge >= 0.3 is 11.9 Å². The Hall–Kier alpha value is -1.10. The summed E-state index contributed by atoms with van der Waals surface area (Å²) in [5.41, 5.74) is -0.954. The van der Waals surface area contributed by atoms with E-state index in [4.69, 9.17) is 14.2 Å². The molecular formula is C16H30O5. The molecule has 0 amide bonds. The van der Waals surface area contributed by atoms with Gasteiger partial charge in [0.15, 0.2) is 6.61 Å². The lowest BCUT2D eigenvalue weighted by molar-refractivity contribution is -0.218. The highest BCUT2D eigenvalue weighted by Gasteiger charge is 2.32. The Kier molecular flexibility index (Phi) is 7.37. The smallest absolute Gasteiger partial charge is 0.346 e. The lowest BCUT2D eigenvalue weighted by Crippen LogP contribution is -2.37. The van der Waals surface area contributed by atoms with Gasteiger partial charge < -0.3 is 14.2 Å². The van der Waals surface area contributed by atoms with Crippen LogP contribution < -0.4 is 0 Å². The maximum Gasteiger partial charge on any atom is 0.346 e. The van der Waals surface area contributed by atoms with Crippen LogP contribution in [0.5, 0.6) is 0 Å². The summed E-state index contributed by atoms with van der Waals surface area (Å²) in [4.78, 5) is 23.6. The van der Waals surface area contributed by atoms with Crippen LogP contribution in [0, 0.1) is 10.8 Å². The van der Waals surface area contributed by atoms with Gasteiger partial charge in [-0.2, -0.15) is 0 Å². The number of hydrogen-bond acceptors (Lipinski definition) is 5. The molecule has 1 atom stereocenters. The molecule has 5 nitrogen and oxygen atoms in total. The molecule has 0 spiro atoms. The van der Waals surface area contributed by atoms with Crippen molar-refractivity contribution in [2.45, 2.75) is 74.2 Å². The van der Waals surface area contributed by atoms with E-state index in [0.717, 1.165) is 0 Å². The topological polar surface area (TPSA) is 61.8 Å². The summed E-state index contributed by atoms with van der Waals surface area (Å²) in [6.07, 6.45) is -0.103. The first-order valence-corrected chi connectivity index (χ1v) is 7.42. The van der Waals surface area contributed by atoms with Crippen LogP contribution >= 0.6 is 0 Å². The van der Waals surface area contributed by atoms with Crippen LogP contribution in [0.25, 0.3) is 0 Å². The molecule has 5 heteroatoms. The number of hydrogen-bond donors (Lipinski definition) is 0. The zero-order valence-corrected chi connectivity index (χ0v) is 14.6. The third kappa shape index (κ3) is 7.46. The Bertz CT molecular complexity index is 352. The van der Waals surface area contributed by atoms with Crippen molar-refractivity contribution in [3.05, 3.63) is 0 Å². The molecule has 0 aliphatic rings. The zero-order valence-electron chi connectivity index (χ0n) is 14.6. The molecule has 0 radical (unpaired) electrons. The van der Waals surface area contributed by atoms with E-state index in [1.807, 2.05) is 41.5 Å². The van der Waals surface area contributed by atoms with Gasteiger partial charge in [0.2, 0.25) is 6.29 Å². The van der Waals surface area contributed by atoms with Crippen LogP contribution in [-0.4, -0.2) is 30.9 Å². The molecule has 0 aromatic rings. The van der Waals surface area contributed by atoms with Gasteiger partial charge in [0, 0.05) is 5.41 Å². The number of esters is 2. The van der Waals surface area contributed by atoms with Gasteiger partial charge in [0.25, 0.3) is 0 Å². The number of ether oxygens (including phenoxy) is 3. The predicted molar refractivity (Wildman–Crippen MR) is 80.6 cm³/mol. The monoisotopic (exact) mass is 302 g/mol. The summed E-state index contributed by atoms with van der Waals surface area (Å²) >= 11 is 0. The average molecular weight is 302 g/mol. The van der Waals surface area contributed by atoms with Gasteiger partial charge in [-0.25, -0.2) is 4.79 Å². The Morgan fingerprint density at radius 3 is 1.95 bits per heavy atom. The quantitative estimate of drug-likeness (QED) is 0.533. The van der Waals surface area contributed by atoms with Crippen molar-refractivity contribution in [2.75, 3.05) is 6.61 Å². The fourth-order valence-corrected chi connectivity index (χ4v) is 1.27. The first-order valence-electron chi connectivity index (χ1n) is 7.42. The first kappa shape index (κ1) is 19.9. The van der Waals surface area contributed by atoms with Gasteiger partial charge in [-0.3, -0.25) is 4.79 Å². The standard InChI is InChI=1S/C16H30O5/c1-9-16(7,8)13(18)19-10-12(17)21-14(15(4,5)6)20-11(2)3/h11,14H,9-10H2,1-8H3. The molecule has 124 valence electrons. The van der Waals surface area contributed by atoms with Crippen LogP contribution in [-0.2, 0) is 23.8 Å². The summed E-state index contributed by atoms with van der Waals surface area (Å²) in [6.45, 7) is 14.5. The summed E-state index contributed by atoms with van der Waals surface area (Å²) in [6, 6.07) is 0. The van der Waals surface area contributed by atoms with Gasteiger partial charge in [-0.05, 0) is 34.1 Å². The first-order chi connectivity index (χ1) is 9.40. The van der Waals surface area contributed by atoms with E-state index >= 15 is 0 Å². The molecule has 0 saturated heterocycles. The minimum atomic E-state index is -0.678. The van der Waals surface area contributed by atoms with Crippen LogP contribution in [0.15, 0.2) is 0 Å². The van der Waals surface area contributed by atoms with E-state index in [1.165, 1.54) is 0 Å². The molecule has 0 aliphatic carbocycles. The number of carbonyl (C=O) groups is 2. The van der Waals surface area contributed by atoms with E-state index in [-0.39, 0.29) is 11.5 Å². The van der Waals surface area contributed by atoms with Crippen LogP contribution in [0.4, 0.5) is 0 Å².